The molecule has 1 atom stereocenters. The Bertz CT molecular complexity index is 495. The molecule has 1 aliphatic rings. The molecule has 1 aromatic carbocycles. The summed E-state index contributed by atoms with van der Waals surface area (Å²) >= 11 is 5.82. The fourth-order valence-electron chi connectivity index (χ4n) is 1.90. The van der Waals surface area contributed by atoms with Crippen molar-refractivity contribution < 1.29 is 18.3 Å². The van der Waals surface area contributed by atoms with Gasteiger partial charge >= 0.3 is 6.61 Å². The summed E-state index contributed by atoms with van der Waals surface area (Å²) in [5.74, 6) is -0.0232. The molecule has 1 heterocycles. The van der Waals surface area contributed by atoms with Gasteiger partial charge in [0.05, 0.1) is 5.02 Å². The number of ether oxygens (including phenoxy) is 1. The molecule has 0 saturated carbocycles. The van der Waals surface area contributed by atoms with Crippen molar-refractivity contribution in [3.8, 4) is 5.75 Å². The number of amides is 1. The van der Waals surface area contributed by atoms with Gasteiger partial charge in [-0.1, -0.05) is 18.5 Å². The topological polar surface area (TPSA) is 50.4 Å². The Hall–Kier alpha value is -1.40. The average molecular weight is 305 g/mol. The van der Waals surface area contributed by atoms with Crippen LogP contribution in [0.2, 0.25) is 5.02 Å². The number of carbonyl (C=O) groups excluding carboxylic acids is 1. The van der Waals surface area contributed by atoms with Gasteiger partial charge in [-0.3, -0.25) is 4.79 Å². The fourth-order valence-corrected chi connectivity index (χ4v) is 2.13. The lowest BCUT2D eigenvalue weighted by atomic mass is 9.88. The van der Waals surface area contributed by atoms with Crippen molar-refractivity contribution in [2.45, 2.75) is 13.5 Å². The third-order valence-corrected chi connectivity index (χ3v) is 3.64. The second-order valence-corrected chi connectivity index (χ2v) is 5.13. The van der Waals surface area contributed by atoms with Gasteiger partial charge in [0.25, 0.3) is 0 Å². The van der Waals surface area contributed by atoms with Crippen molar-refractivity contribution in [1.29, 1.82) is 0 Å². The van der Waals surface area contributed by atoms with Gasteiger partial charge in [0.1, 0.15) is 5.75 Å². The molecule has 1 saturated heterocycles. The Kier molecular flexibility index (Phi) is 4.77. The number of nitrogens with one attached hydrogen (secondary N) is 2. The number of hydrogen-bond donors (Lipinski definition) is 2. The van der Waals surface area contributed by atoms with Crippen LogP contribution in [-0.4, -0.2) is 25.6 Å². The van der Waals surface area contributed by atoms with Gasteiger partial charge in [-0.05, 0) is 37.2 Å². The molecule has 0 aromatic heterocycles. The van der Waals surface area contributed by atoms with E-state index in [0.717, 1.165) is 13.1 Å². The Labute approximate surface area is 120 Å². The molecule has 110 valence electrons. The van der Waals surface area contributed by atoms with Crippen molar-refractivity contribution in [1.82, 2.24) is 5.32 Å². The van der Waals surface area contributed by atoms with E-state index in [1.54, 1.807) is 0 Å². The number of carbonyl (C=O) groups is 1. The highest BCUT2D eigenvalue weighted by Crippen LogP contribution is 2.29. The minimum atomic E-state index is -2.93. The van der Waals surface area contributed by atoms with Gasteiger partial charge in [0, 0.05) is 11.6 Å². The summed E-state index contributed by atoms with van der Waals surface area (Å²) in [7, 11) is 0. The van der Waals surface area contributed by atoms with Crippen molar-refractivity contribution in [3.63, 3.8) is 0 Å². The van der Waals surface area contributed by atoms with Gasteiger partial charge in [0.15, 0.2) is 0 Å². The monoisotopic (exact) mass is 304 g/mol. The van der Waals surface area contributed by atoms with Gasteiger partial charge in [0.2, 0.25) is 5.91 Å². The van der Waals surface area contributed by atoms with Gasteiger partial charge in [-0.25, -0.2) is 0 Å². The zero-order valence-corrected chi connectivity index (χ0v) is 11.6. The molecule has 1 aromatic rings. The van der Waals surface area contributed by atoms with Crippen LogP contribution in [0, 0.1) is 11.8 Å². The standard InChI is InChI=1S/C13H15ClF2N2O2/c1-7(8-5-17-6-8)12(19)18-9-2-3-11(10(14)4-9)20-13(15)16/h2-4,7-8,13,17H,5-6H2,1H3,(H,18,19). The summed E-state index contributed by atoms with van der Waals surface area (Å²) in [6.45, 7) is 0.586. The summed E-state index contributed by atoms with van der Waals surface area (Å²) < 4.78 is 28.4. The van der Waals surface area contributed by atoms with Crippen LogP contribution < -0.4 is 15.4 Å². The molecule has 1 amide bonds. The van der Waals surface area contributed by atoms with Crippen LogP contribution in [0.3, 0.4) is 0 Å². The predicted molar refractivity (Wildman–Crippen MR) is 72.2 cm³/mol. The Balaban J connectivity index is 1.98. The summed E-state index contributed by atoms with van der Waals surface area (Å²) in [6, 6.07) is 4.18. The lowest BCUT2D eigenvalue weighted by Crippen LogP contribution is -2.48. The number of rotatable bonds is 5. The van der Waals surface area contributed by atoms with E-state index in [0.29, 0.717) is 11.6 Å². The number of anilines is 1. The van der Waals surface area contributed by atoms with E-state index in [4.69, 9.17) is 11.6 Å². The van der Waals surface area contributed by atoms with Crippen LogP contribution in [0.1, 0.15) is 6.92 Å². The highest BCUT2D eigenvalue weighted by molar-refractivity contribution is 6.32. The van der Waals surface area contributed by atoms with Crippen LogP contribution in [0.5, 0.6) is 5.75 Å². The Morgan fingerprint density at radius 1 is 1.50 bits per heavy atom. The maximum atomic E-state index is 12.1. The Morgan fingerprint density at radius 3 is 2.70 bits per heavy atom. The highest BCUT2D eigenvalue weighted by Gasteiger charge is 2.28. The molecule has 2 N–H and O–H groups in total. The smallest absolute Gasteiger partial charge is 0.387 e. The zero-order valence-electron chi connectivity index (χ0n) is 10.8. The maximum Gasteiger partial charge on any atom is 0.387 e. The fraction of sp³-hybridized carbons (Fsp3) is 0.462. The quantitative estimate of drug-likeness (QED) is 0.879. The number of hydrogen-bond acceptors (Lipinski definition) is 3. The van der Waals surface area contributed by atoms with E-state index >= 15 is 0 Å². The Morgan fingerprint density at radius 2 is 2.20 bits per heavy atom. The molecule has 1 unspecified atom stereocenters. The first-order valence-corrected chi connectivity index (χ1v) is 6.61. The number of alkyl halides is 2. The largest absolute Gasteiger partial charge is 0.433 e. The third kappa shape index (κ3) is 3.58. The summed E-state index contributed by atoms with van der Waals surface area (Å²) in [6.07, 6.45) is 0. The van der Waals surface area contributed by atoms with Crippen molar-refractivity contribution in [2.24, 2.45) is 11.8 Å². The molecule has 0 aliphatic carbocycles. The molecule has 7 heteroatoms. The van der Waals surface area contributed by atoms with Crippen molar-refractivity contribution >= 4 is 23.2 Å². The van der Waals surface area contributed by atoms with E-state index in [1.807, 2.05) is 6.92 Å². The molecule has 2 rings (SSSR count). The second kappa shape index (κ2) is 6.37. The van der Waals surface area contributed by atoms with Gasteiger partial charge < -0.3 is 15.4 Å². The molecule has 0 bridgehead atoms. The summed E-state index contributed by atoms with van der Waals surface area (Å²) in [5.41, 5.74) is 0.459. The molecule has 1 aliphatic heterocycles. The third-order valence-electron chi connectivity index (χ3n) is 3.35. The van der Waals surface area contributed by atoms with Crippen molar-refractivity contribution in [3.05, 3.63) is 23.2 Å². The first kappa shape index (κ1) is 15.0. The van der Waals surface area contributed by atoms with Crippen LogP contribution in [0.25, 0.3) is 0 Å². The van der Waals surface area contributed by atoms with Crippen LogP contribution >= 0.6 is 11.6 Å². The lowest BCUT2D eigenvalue weighted by Gasteiger charge is -2.31. The average Bonchev–Trinajstić information content (AvgIpc) is 2.30. The van der Waals surface area contributed by atoms with Crippen LogP contribution in [0.4, 0.5) is 14.5 Å². The minimum absolute atomic E-state index is 0.0288. The SMILES string of the molecule is CC(C(=O)Nc1ccc(OC(F)F)c(Cl)c1)C1CNC1. The predicted octanol–water partition coefficient (Wildman–Crippen LogP) is 2.74. The first-order chi connectivity index (χ1) is 9.47. The molecular weight excluding hydrogens is 290 g/mol. The molecule has 1 fully saturated rings. The molecule has 20 heavy (non-hydrogen) atoms. The lowest BCUT2D eigenvalue weighted by molar-refractivity contribution is -0.121. The van der Waals surface area contributed by atoms with Crippen LogP contribution in [-0.2, 0) is 4.79 Å². The van der Waals surface area contributed by atoms with E-state index in [2.05, 4.69) is 15.4 Å². The normalized spacial score (nSPS) is 16.6. The highest BCUT2D eigenvalue weighted by atomic mass is 35.5. The molecule has 0 spiro atoms. The van der Waals surface area contributed by atoms with Crippen molar-refractivity contribution in [2.75, 3.05) is 18.4 Å². The first-order valence-electron chi connectivity index (χ1n) is 6.23. The zero-order chi connectivity index (χ0) is 14.7. The summed E-state index contributed by atoms with van der Waals surface area (Å²) in [5, 5.41) is 5.85. The summed E-state index contributed by atoms with van der Waals surface area (Å²) in [4.78, 5) is 12.0. The minimum Gasteiger partial charge on any atom is -0.433 e. The molecule has 0 radical (unpaired) electrons. The van der Waals surface area contributed by atoms with Gasteiger partial charge in [-0.15, -0.1) is 0 Å². The van der Waals surface area contributed by atoms with E-state index in [9.17, 15) is 13.6 Å². The second-order valence-electron chi connectivity index (χ2n) is 4.72. The van der Waals surface area contributed by atoms with E-state index in [1.165, 1.54) is 18.2 Å². The molecular formula is C13H15ClF2N2O2. The maximum absolute atomic E-state index is 12.1. The van der Waals surface area contributed by atoms with E-state index < -0.39 is 6.61 Å². The number of halogens is 3. The van der Waals surface area contributed by atoms with Crippen LogP contribution in [0.15, 0.2) is 18.2 Å². The van der Waals surface area contributed by atoms with E-state index in [-0.39, 0.29) is 22.6 Å². The molecule has 4 nitrogen and oxygen atoms in total. The van der Waals surface area contributed by atoms with Gasteiger partial charge in [-0.2, -0.15) is 8.78 Å². The number of benzene rings is 1.